The van der Waals surface area contributed by atoms with Crippen molar-refractivity contribution < 1.29 is 0 Å². The molecule has 0 saturated heterocycles. The third kappa shape index (κ3) is 9.91. The molecule has 1 radical (unpaired) electrons. The Labute approximate surface area is 259 Å². The summed E-state index contributed by atoms with van der Waals surface area (Å²) >= 11 is 0. The van der Waals surface area contributed by atoms with E-state index in [2.05, 4.69) is 135 Å². The van der Waals surface area contributed by atoms with Crippen molar-refractivity contribution in [2.24, 2.45) is 17.2 Å². The highest BCUT2D eigenvalue weighted by molar-refractivity contribution is 7.15. The van der Waals surface area contributed by atoms with Crippen molar-refractivity contribution in [2.75, 3.05) is 21.1 Å². The Bertz CT molecular complexity index is 995. The smallest absolute Gasteiger partial charge is 0.162 e. The molecule has 0 bridgehead atoms. The number of hydrogen-bond acceptors (Lipinski definition) is 3. The normalized spacial score (nSPS) is 12.0. The number of unbranched alkanes of at least 4 members (excludes halogenated alkanes) is 3. The SMILES string of the molecule is CCCCc1ccc([Si]([C]2C=CC=C2)(c2ccc(CCCC)cc2)c2ccc(CCCC)cc2)cc1.CN.CN.CN. The fourth-order valence-electron chi connectivity index (χ4n) is 5.53. The second kappa shape index (κ2) is 21.9. The predicted molar refractivity (Wildman–Crippen MR) is 192 cm³/mol. The molecular weight excluding hydrogens is 527 g/mol. The lowest BCUT2D eigenvalue weighted by atomic mass is 10.1. The van der Waals surface area contributed by atoms with Crippen LogP contribution in [0.5, 0.6) is 0 Å². The molecule has 0 heterocycles. The van der Waals surface area contributed by atoms with Crippen LogP contribution in [-0.2, 0) is 19.3 Å². The molecule has 0 atom stereocenters. The predicted octanol–water partition coefficient (Wildman–Crippen LogP) is 6.15. The highest BCUT2D eigenvalue weighted by Crippen LogP contribution is 2.26. The van der Waals surface area contributed by atoms with E-state index in [1.165, 1.54) is 117 Å². The van der Waals surface area contributed by atoms with E-state index < -0.39 is 8.07 Å². The topological polar surface area (TPSA) is 78.1 Å². The van der Waals surface area contributed by atoms with E-state index in [-0.39, 0.29) is 0 Å². The molecule has 0 amide bonds. The maximum atomic E-state index is 4.50. The Morgan fingerprint density at radius 2 is 0.690 bits per heavy atom. The van der Waals surface area contributed by atoms with Crippen LogP contribution in [0.4, 0.5) is 0 Å². The first-order chi connectivity index (χ1) is 20.7. The lowest BCUT2D eigenvalue weighted by Crippen LogP contribution is -2.70. The van der Waals surface area contributed by atoms with Gasteiger partial charge in [0.25, 0.3) is 0 Å². The van der Waals surface area contributed by atoms with Crippen LogP contribution in [-0.4, -0.2) is 29.2 Å². The zero-order valence-electron chi connectivity index (χ0n) is 27.3. The molecule has 42 heavy (non-hydrogen) atoms. The van der Waals surface area contributed by atoms with E-state index in [4.69, 9.17) is 0 Å². The van der Waals surface area contributed by atoms with E-state index in [1.807, 2.05) is 0 Å². The third-order valence-corrected chi connectivity index (χ3v) is 12.5. The number of nitrogens with two attached hydrogens (primary N) is 3. The van der Waals surface area contributed by atoms with Crippen molar-refractivity contribution in [1.29, 1.82) is 0 Å². The van der Waals surface area contributed by atoms with Crippen LogP contribution in [0.2, 0.25) is 0 Å². The van der Waals surface area contributed by atoms with Gasteiger partial charge in [0.1, 0.15) is 0 Å². The average molecular weight is 585 g/mol. The summed E-state index contributed by atoms with van der Waals surface area (Å²) < 4.78 is 0. The van der Waals surface area contributed by atoms with E-state index in [0.717, 1.165) is 0 Å². The molecule has 3 aromatic rings. The quantitative estimate of drug-likeness (QED) is 0.167. The summed E-state index contributed by atoms with van der Waals surface area (Å²) in [7, 11) is 2.09. The minimum Gasteiger partial charge on any atom is -0.333 e. The zero-order chi connectivity index (χ0) is 31.2. The first-order valence-corrected chi connectivity index (χ1v) is 18.0. The lowest BCUT2D eigenvalue weighted by molar-refractivity contribution is 0.795. The number of aryl methyl sites for hydroxylation is 3. The Morgan fingerprint density at radius 1 is 0.429 bits per heavy atom. The number of rotatable bonds is 13. The Morgan fingerprint density at radius 3 is 0.929 bits per heavy atom. The monoisotopic (exact) mass is 584 g/mol. The fourth-order valence-corrected chi connectivity index (χ4v) is 10.2. The van der Waals surface area contributed by atoms with E-state index in [9.17, 15) is 0 Å². The van der Waals surface area contributed by atoms with E-state index in [1.54, 1.807) is 0 Å². The van der Waals surface area contributed by atoms with E-state index >= 15 is 0 Å². The van der Waals surface area contributed by atoms with Crippen molar-refractivity contribution in [3.63, 3.8) is 0 Å². The largest absolute Gasteiger partial charge is 0.333 e. The van der Waals surface area contributed by atoms with Gasteiger partial charge in [-0.2, -0.15) is 0 Å². The molecule has 0 fully saturated rings. The van der Waals surface area contributed by atoms with Crippen LogP contribution < -0.4 is 32.8 Å². The van der Waals surface area contributed by atoms with Crippen molar-refractivity contribution >= 4 is 23.6 Å². The molecule has 1 aliphatic rings. The Kier molecular flexibility index (Phi) is 19.4. The zero-order valence-corrected chi connectivity index (χ0v) is 28.3. The molecule has 0 unspecified atom stereocenters. The molecule has 0 spiro atoms. The molecule has 4 heteroatoms. The van der Waals surface area contributed by atoms with Crippen LogP contribution in [0.1, 0.15) is 76.0 Å². The summed E-state index contributed by atoms with van der Waals surface area (Å²) in [5.74, 6) is 0. The van der Waals surface area contributed by atoms with Crippen LogP contribution >= 0.6 is 0 Å². The summed E-state index contributed by atoms with van der Waals surface area (Å²) in [4.78, 5) is 0. The average Bonchev–Trinajstić information content (AvgIpc) is 3.62. The lowest BCUT2D eigenvalue weighted by Gasteiger charge is -2.37. The van der Waals surface area contributed by atoms with Crippen molar-refractivity contribution in [3.05, 3.63) is 119 Å². The summed E-state index contributed by atoms with van der Waals surface area (Å²) in [5.41, 5.74) is 19.3. The minimum atomic E-state index is -2.41. The van der Waals surface area contributed by atoms with Crippen LogP contribution in [0.3, 0.4) is 0 Å². The first-order valence-electron chi connectivity index (χ1n) is 16.0. The van der Waals surface area contributed by atoms with E-state index in [0.29, 0.717) is 0 Å². The summed E-state index contributed by atoms with van der Waals surface area (Å²) in [6, 6.07) is 29.0. The number of benzene rings is 3. The maximum absolute atomic E-state index is 4.50. The van der Waals surface area contributed by atoms with Gasteiger partial charge in [-0.15, -0.1) is 0 Å². The molecule has 3 aromatic carbocycles. The van der Waals surface area contributed by atoms with Gasteiger partial charge in [-0.25, -0.2) is 0 Å². The summed E-state index contributed by atoms with van der Waals surface area (Å²) in [5, 5.41) is 4.45. The molecule has 1 aliphatic carbocycles. The van der Waals surface area contributed by atoms with Gasteiger partial charge < -0.3 is 17.2 Å². The van der Waals surface area contributed by atoms with Crippen molar-refractivity contribution in [2.45, 2.75) is 78.6 Å². The summed E-state index contributed by atoms with van der Waals surface area (Å²) in [6.45, 7) is 6.82. The number of hydrogen-bond donors (Lipinski definition) is 3. The standard InChI is InChI=1S/C35H43Si.3CH5N/c1-4-7-12-29-17-23-33(24-18-29)36(32-15-10-11-16-32,34-25-19-30(20-26-34)13-8-5-2)35-27-21-31(22-28-35)14-9-6-3;3*1-2/h10-11,15-28H,4-9,12-14H2,1-3H3;3*2H2,1H3. The van der Waals surface area contributed by atoms with Gasteiger partial charge >= 0.3 is 0 Å². The molecule has 3 nitrogen and oxygen atoms in total. The Balaban J connectivity index is 0.00000138. The van der Waals surface area contributed by atoms with Gasteiger partial charge in [-0.3, -0.25) is 0 Å². The molecule has 0 aliphatic heterocycles. The van der Waals surface area contributed by atoms with Gasteiger partial charge in [0.2, 0.25) is 0 Å². The van der Waals surface area contributed by atoms with Crippen LogP contribution in [0, 0.1) is 5.54 Å². The third-order valence-electron chi connectivity index (χ3n) is 7.71. The molecule has 0 saturated carbocycles. The highest BCUT2D eigenvalue weighted by Gasteiger charge is 2.45. The molecule has 6 N–H and O–H groups in total. The molecule has 4 rings (SSSR count). The first kappa shape index (κ1) is 37.3. The van der Waals surface area contributed by atoms with Crippen molar-refractivity contribution in [3.8, 4) is 0 Å². The second-order valence-corrected chi connectivity index (χ2v) is 14.1. The maximum Gasteiger partial charge on any atom is 0.162 e. The van der Waals surface area contributed by atoms with Gasteiger partial charge in [0.05, 0.1) is 0 Å². The molecule has 229 valence electrons. The highest BCUT2D eigenvalue weighted by atomic mass is 28.3. The van der Waals surface area contributed by atoms with Crippen LogP contribution in [0.15, 0.2) is 97.1 Å². The minimum absolute atomic E-state index is 1.17. The second-order valence-electron chi connectivity index (χ2n) is 10.3. The van der Waals surface area contributed by atoms with Gasteiger partial charge in [0, 0.05) is 5.54 Å². The fraction of sp³-hybridized carbons (Fsp3) is 0.395. The van der Waals surface area contributed by atoms with Crippen LogP contribution in [0.25, 0.3) is 0 Å². The van der Waals surface area contributed by atoms with Gasteiger partial charge in [0.15, 0.2) is 8.07 Å². The summed E-state index contributed by atoms with van der Waals surface area (Å²) in [6.07, 6.45) is 20.2. The van der Waals surface area contributed by atoms with Gasteiger partial charge in [-0.05, 0) is 91.9 Å². The molecular formula is C38H58N3Si. The van der Waals surface area contributed by atoms with Gasteiger partial charge in [-0.1, -0.05) is 137 Å². The van der Waals surface area contributed by atoms with Crippen molar-refractivity contribution in [1.82, 2.24) is 0 Å². The molecule has 0 aromatic heterocycles. The Hall–Kier alpha value is -2.76. The number of allylic oxidation sites excluding steroid dienone is 4.